The number of unbranched alkanes of at least 4 members (excludes halogenated alkanes) is 1. The second kappa shape index (κ2) is 9.94. The number of carbonyl (C=O) groups excluding carboxylic acids is 1. The minimum atomic E-state index is -0.382. The van der Waals surface area contributed by atoms with Crippen LogP contribution in [-0.2, 0) is 11.2 Å². The molecule has 0 saturated heterocycles. The normalized spacial score (nSPS) is 10.8. The fraction of sp³-hybridized carbons (Fsp3) is 0.286. The lowest BCUT2D eigenvalue weighted by Gasteiger charge is -2.10. The van der Waals surface area contributed by atoms with Crippen LogP contribution < -0.4 is 10.5 Å². The monoisotopic (exact) mass is 396 g/mol. The number of aromatic nitrogens is 3. The molecule has 0 bridgehead atoms. The summed E-state index contributed by atoms with van der Waals surface area (Å²) < 4.78 is 7.69. The van der Waals surface area contributed by atoms with E-state index in [1.54, 1.807) is 0 Å². The summed E-state index contributed by atoms with van der Waals surface area (Å²) >= 11 is 1.29. The van der Waals surface area contributed by atoms with E-state index in [-0.39, 0.29) is 11.7 Å². The summed E-state index contributed by atoms with van der Waals surface area (Å²) in [6, 6.07) is 17.9. The van der Waals surface area contributed by atoms with Crippen molar-refractivity contribution < 1.29 is 9.53 Å². The predicted octanol–water partition coefficient (Wildman–Crippen LogP) is 3.61. The lowest BCUT2D eigenvalue weighted by atomic mass is 10.1. The Morgan fingerprint density at radius 2 is 1.86 bits per heavy atom. The lowest BCUT2D eigenvalue weighted by Crippen LogP contribution is -2.14. The molecule has 6 nitrogen and oxygen atoms in total. The fourth-order valence-corrected chi connectivity index (χ4v) is 3.41. The molecule has 3 rings (SSSR count). The number of para-hydroxylation sites is 1. The zero-order valence-electron chi connectivity index (χ0n) is 15.9. The molecular weight excluding hydrogens is 372 g/mol. The third-order valence-electron chi connectivity index (χ3n) is 4.11. The number of ether oxygens (including phenoxy) is 1. The summed E-state index contributed by atoms with van der Waals surface area (Å²) in [6.45, 7) is 2.88. The van der Waals surface area contributed by atoms with Crippen molar-refractivity contribution in [3.8, 4) is 11.4 Å². The standard InChI is InChI=1S/C21H24N4O2S/c1-2-3-13-27-18-11-9-16(10-12-18)14-20-23-24-21(28-15-19(22)26)25(20)17-7-5-4-6-8-17/h4-12H,2-3,13-15H2,1H3,(H2,22,26). The van der Waals surface area contributed by atoms with Crippen molar-refractivity contribution in [1.29, 1.82) is 0 Å². The minimum absolute atomic E-state index is 0.161. The Morgan fingerprint density at radius 3 is 2.54 bits per heavy atom. The number of hydrogen-bond acceptors (Lipinski definition) is 5. The highest BCUT2D eigenvalue weighted by Gasteiger charge is 2.15. The van der Waals surface area contributed by atoms with Gasteiger partial charge in [-0.05, 0) is 36.2 Å². The molecular formula is C21H24N4O2S. The SMILES string of the molecule is CCCCOc1ccc(Cc2nnc(SCC(N)=O)n2-c2ccccc2)cc1. The predicted molar refractivity (Wildman–Crippen MR) is 111 cm³/mol. The van der Waals surface area contributed by atoms with Crippen LogP contribution in [0.2, 0.25) is 0 Å². The first-order chi connectivity index (χ1) is 13.7. The zero-order chi connectivity index (χ0) is 19.8. The number of benzene rings is 2. The van der Waals surface area contributed by atoms with Crippen LogP contribution in [-0.4, -0.2) is 33.0 Å². The number of nitrogens with two attached hydrogens (primary N) is 1. The zero-order valence-corrected chi connectivity index (χ0v) is 16.7. The number of rotatable bonds is 10. The van der Waals surface area contributed by atoms with Crippen molar-refractivity contribution >= 4 is 17.7 Å². The molecule has 1 amide bonds. The molecule has 2 N–H and O–H groups in total. The van der Waals surface area contributed by atoms with E-state index in [2.05, 4.69) is 17.1 Å². The van der Waals surface area contributed by atoms with Crippen molar-refractivity contribution in [2.45, 2.75) is 31.3 Å². The average Bonchev–Trinajstić information content (AvgIpc) is 3.11. The highest BCUT2D eigenvalue weighted by molar-refractivity contribution is 7.99. The molecule has 0 spiro atoms. The van der Waals surface area contributed by atoms with E-state index in [9.17, 15) is 4.79 Å². The van der Waals surface area contributed by atoms with Crippen molar-refractivity contribution in [2.75, 3.05) is 12.4 Å². The summed E-state index contributed by atoms with van der Waals surface area (Å²) in [5, 5.41) is 9.28. The molecule has 0 atom stereocenters. The summed E-state index contributed by atoms with van der Waals surface area (Å²) in [5.74, 6) is 1.46. The number of thioether (sulfide) groups is 1. The average molecular weight is 397 g/mol. The van der Waals surface area contributed by atoms with Gasteiger partial charge in [-0.1, -0.05) is 55.4 Å². The Morgan fingerprint density at radius 1 is 1.11 bits per heavy atom. The minimum Gasteiger partial charge on any atom is -0.494 e. The second-order valence-electron chi connectivity index (χ2n) is 6.35. The molecule has 28 heavy (non-hydrogen) atoms. The van der Waals surface area contributed by atoms with Gasteiger partial charge in [0, 0.05) is 12.1 Å². The van der Waals surface area contributed by atoms with Crippen molar-refractivity contribution in [1.82, 2.24) is 14.8 Å². The fourth-order valence-electron chi connectivity index (χ4n) is 2.70. The van der Waals surface area contributed by atoms with E-state index in [0.717, 1.165) is 42.3 Å². The topological polar surface area (TPSA) is 83.0 Å². The second-order valence-corrected chi connectivity index (χ2v) is 7.29. The maximum atomic E-state index is 11.2. The lowest BCUT2D eigenvalue weighted by molar-refractivity contribution is -0.115. The Hall–Kier alpha value is -2.80. The highest BCUT2D eigenvalue weighted by Crippen LogP contribution is 2.24. The third kappa shape index (κ3) is 5.36. The largest absolute Gasteiger partial charge is 0.494 e. The highest BCUT2D eigenvalue weighted by atomic mass is 32.2. The van der Waals surface area contributed by atoms with Crippen molar-refractivity contribution in [3.05, 3.63) is 66.0 Å². The molecule has 0 aliphatic rings. The number of amides is 1. The van der Waals surface area contributed by atoms with Gasteiger partial charge in [-0.25, -0.2) is 0 Å². The first-order valence-corrected chi connectivity index (χ1v) is 10.3. The van der Waals surface area contributed by atoms with Gasteiger partial charge in [0.05, 0.1) is 12.4 Å². The van der Waals surface area contributed by atoms with E-state index in [4.69, 9.17) is 10.5 Å². The Labute approximate surface area is 169 Å². The van der Waals surface area contributed by atoms with E-state index in [1.807, 2.05) is 59.2 Å². The summed E-state index contributed by atoms with van der Waals surface area (Å²) in [4.78, 5) is 11.2. The first kappa shape index (κ1) is 19.9. The molecule has 0 saturated carbocycles. The maximum Gasteiger partial charge on any atom is 0.227 e. The summed E-state index contributed by atoms with van der Waals surface area (Å²) in [7, 11) is 0. The Bertz CT molecular complexity index is 895. The smallest absolute Gasteiger partial charge is 0.227 e. The van der Waals surface area contributed by atoms with Gasteiger partial charge >= 0.3 is 0 Å². The number of hydrogen-bond donors (Lipinski definition) is 1. The van der Waals surface area contributed by atoms with Gasteiger partial charge < -0.3 is 10.5 Å². The summed E-state index contributed by atoms with van der Waals surface area (Å²) in [6.07, 6.45) is 2.78. The van der Waals surface area contributed by atoms with Crippen LogP contribution in [0.25, 0.3) is 5.69 Å². The summed E-state index contributed by atoms with van der Waals surface area (Å²) in [5.41, 5.74) is 7.35. The molecule has 0 unspecified atom stereocenters. The van der Waals surface area contributed by atoms with Gasteiger partial charge in [0.25, 0.3) is 0 Å². The molecule has 2 aromatic carbocycles. The molecule has 1 aromatic heterocycles. The van der Waals surface area contributed by atoms with E-state index in [0.29, 0.717) is 11.6 Å². The molecule has 7 heteroatoms. The quantitative estimate of drug-likeness (QED) is 0.418. The molecule has 1 heterocycles. The Balaban J connectivity index is 1.80. The number of nitrogens with zero attached hydrogens (tertiary/aromatic N) is 3. The molecule has 3 aromatic rings. The van der Waals surface area contributed by atoms with Crippen LogP contribution in [0.3, 0.4) is 0 Å². The molecule has 0 radical (unpaired) electrons. The van der Waals surface area contributed by atoms with Crippen LogP contribution in [0.1, 0.15) is 31.2 Å². The van der Waals surface area contributed by atoms with Gasteiger partial charge in [-0.3, -0.25) is 9.36 Å². The molecule has 0 aliphatic carbocycles. The van der Waals surface area contributed by atoms with Crippen molar-refractivity contribution in [3.63, 3.8) is 0 Å². The number of carbonyl (C=O) groups is 1. The van der Waals surface area contributed by atoms with Crippen molar-refractivity contribution in [2.24, 2.45) is 5.73 Å². The van der Waals surface area contributed by atoms with Crippen LogP contribution in [0.5, 0.6) is 5.75 Å². The third-order valence-corrected chi connectivity index (χ3v) is 5.06. The molecule has 0 aliphatic heterocycles. The molecule has 146 valence electrons. The van der Waals surface area contributed by atoms with Crippen LogP contribution in [0, 0.1) is 0 Å². The van der Waals surface area contributed by atoms with Crippen LogP contribution in [0.4, 0.5) is 0 Å². The Kier molecular flexibility index (Phi) is 7.08. The van der Waals surface area contributed by atoms with Gasteiger partial charge in [-0.15, -0.1) is 10.2 Å². The maximum absolute atomic E-state index is 11.2. The van der Waals surface area contributed by atoms with Gasteiger partial charge in [0.2, 0.25) is 5.91 Å². The van der Waals surface area contributed by atoms with Gasteiger partial charge in [0.15, 0.2) is 5.16 Å². The molecule has 0 fully saturated rings. The van der Waals surface area contributed by atoms with E-state index >= 15 is 0 Å². The van der Waals surface area contributed by atoms with E-state index in [1.165, 1.54) is 11.8 Å². The van der Waals surface area contributed by atoms with Gasteiger partial charge in [-0.2, -0.15) is 0 Å². The first-order valence-electron chi connectivity index (χ1n) is 9.30. The van der Waals surface area contributed by atoms with Crippen LogP contribution >= 0.6 is 11.8 Å². The van der Waals surface area contributed by atoms with Gasteiger partial charge in [0.1, 0.15) is 11.6 Å². The van der Waals surface area contributed by atoms with E-state index < -0.39 is 0 Å². The van der Waals surface area contributed by atoms with Crippen LogP contribution in [0.15, 0.2) is 59.8 Å². The number of primary amides is 1.